The van der Waals surface area contributed by atoms with Crippen LogP contribution < -0.4 is 5.32 Å². The van der Waals surface area contributed by atoms with E-state index in [9.17, 15) is 9.59 Å². The fourth-order valence-electron chi connectivity index (χ4n) is 1.10. The second kappa shape index (κ2) is 4.94. The lowest BCUT2D eigenvalue weighted by molar-refractivity contribution is -0.138. The van der Waals surface area contributed by atoms with Crippen molar-refractivity contribution in [3.05, 3.63) is 28.5 Å². The van der Waals surface area contributed by atoms with Crippen molar-refractivity contribution in [3.63, 3.8) is 0 Å². The van der Waals surface area contributed by atoms with Gasteiger partial charge in [-0.15, -0.1) is 0 Å². The SMILES string of the molecule is Cc1cc(C(=O)NC(C)C(=O)O)cc(Cl)n1. The van der Waals surface area contributed by atoms with E-state index in [0.29, 0.717) is 11.3 Å². The number of nitrogens with one attached hydrogen (secondary N) is 1. The Kier molecular flexibility index (Phi) is 3.84. The van der Waals surface area contributed by atoms with Crippen molar-refractivity contribution in [2.75, 3.05) is 0 Å². The minimum Gasteiger partial charge on any atom is -0.480 e. The molecule has 0 aliphatic carbocycles. The van der Waals surface area contributed by atoms with Crippen LogP contribution in [0.3, 0.4) is 0 Å². The Morgan fingerprint density at radius 1 is 1.50 bits per heavy atom. The van der Waals surface area contributed by atoms with Gasteiger partial charge in [-0.1, -0.05) is 11.6 Å². The van der Waals surface area contributed by atoms with Crippen LogP contribution in [0.15, 0.2) is 12.1 Å². The van der Waals surface area contributed by atoms with Crippen molar-refractivity contribution in [2.45, 2.75) is 19.9 Å². The number of aryl methyl sites for hydroxylation is 1. The summed E-state index contributed by atoms with van der Waals surface area (Å²) >= 11 is 5.69. The summed E-state index contributed by atoms with van der Waals surface area (Å²) in [5.74, 6) is -1.58. The summed E-state index contributed by atoms with van der Waals surface area (Å²) in [6.07, 6.45) is 0. The molecule has 1 heterocycles. The van der Waals surface area contributed by atoms with Crippen LogP contribution in [-0.2, 0) is 4.79 Å². The summed E-state index contributed by atoms with van der Waals surface area (Å²) in [7, 11) is 0. The molecule has 1 amide bonds. The van der Waals surface area contributed by atoms with Crippen LogP contribution >= 0.6 is 11.6 Å². The second-order valence-electron chi connectivity index (χ2n) is 3.35. The van der Waals surface area contributed by atoms with Crippen LogP contribution in [0.25, 0.3) is 0 Å². The number of carboxylic acid groups (broad SMARTS) is 1. The van der Waals surface area contributed by atoms with E-state index in [2.05, 4.69) is 10.3 Å². The Balaban J connectivity index is 2.84. The zero-order valence-electron chi connectivity index (χ0n) is 8.82. The first-order chi connectivity index (χ1) is 7.40. The van der Waals surface area contributed by atoms with Gasteiger partial charge in [-0.05, 0) is 26.0 Å². The average Bonchev–Trinajstić information content (AvgIpc) is 2.15. The molecule has 0 saturated carbocycles. The van der Waals surface area contributed by atoms with Gasteiger partial charge in [0, 0.05) is 11.3 Å². The molecule has 0 aliphatic rings. The highest BCUT2D eigenvalue weighted by molar-refractivity contribution is 6.29. The molecule has 86 valence electrons. The zero-order valence-corrected chi connectivity index (χ0v) is 9.58. The van der Waals surface area contributed by atoms with Gasteiger partial charge in [-0.3, -0.25) is 9.59 Å². The molecule has 0 spiro atoms. The fourth-order valence-corrected chi connectivity index (χ4v) is 1.35. The van der Waals surface area contributed by atoms with Crippen molar-refractivity contribution in [1.82, 2.24) is 10.3 Å². The van der Waals surface area contributed by atoms with E-state index in [1.807, 2.05) is 0 Å². The number of aliphatic carboxylic acids is 1. The van der Waals surface area contributed by atoms with Gasteiger partial charge in [0.15, 0.2) is 0 Å². The Bertz CT molecular complexity index is 414. The normalized spacial score (nSPS) is 11.9. The number of carboxylic acids is 1. The Hall–Kier alpha value is -1.62. The summed E-state index contributed by atoms with van der Waals surface area (Å²) in [6.45, 7) is 3.08. The maximum atomic E-state index is 11.6. The van der Waals surface area contributed by atoms with Gasteiger partial charge in [0.2, 0.25) is 0 Å². The molecule has 0 aliphatic heterocycles. The fraction of sp³-hybridized carbons (Fsp3) is 0.300. The van der Waals surface area contributed by atoms with Crippen LogP contribution in [0.5, 0.6) is 0 Å². The van der Waals surface area contributed by atoms with Gasteiger partial charge in [-0.25, -0.2) is 4.98 Å². The molecule has 1 atom stereocenters. The minimum absolute atomic E-state index is 0.202. The molecule has 1 rings (SSSR count). The number of halogens is 1. The average molecular weight is 243 g/mol. The van der Waals surface area contributed by atoms with Gasteiger partial charge in [-0.2, -0.15) is 0 Å². The highest BCUT2D eigenvalue weighted by Crippen LogP contribution is 2.10. The third-order valence-corrected chi connectivity index (χ3v) is 2.10. The molecule has 6 heteroatoms. The lowest BCUT2D eigenvalue weighted by Crippen LogP contribution is -2.38. The quantitative estimate of drug-likeness (QED) is 0.782. The summed E-state index contributed by atoms with van der Waals surface area (Å²) < 4.78 is 0. The van der Waals surface area contributed by atoms with E-state index < -0.39 is 17.9 Å². The van der Waals surface area contributed by atoms with Gasteiger partial charge in [0.05, 0.1) is 0 Å². The third kappa shape index (κ3) is 3.20. The molecule has 0 bridgehead atoms. The Morgan fingerprint density at radius 3 is 2.62 bits per heavy atom. The van der Waals surface area contributed by atoms with Gasteiger partial charge in [0.25, 0.3) is 5.91 Å². The molecule has 0 radical (unpaired) electrons. The highest BCUT2D eigenvalue weighted by atomic mass is 35.5. The monoisotopic (exact) mass is 242 g/mol. The first-order valence-corrected chi connectivity index (χ1v) is 4.96. The molecule has 1 aromatic rings. The molecule has 0 saturated heterocycles. The molecule has 2 N–H and O–H groups in total. The van der Waals surface area contributed by atoms with E-state index >= 15 is 0 Å². The topological polar surface area (TPSA) is 79.3 Å². The molecular weight excluding hydrogens is 232 g/mol. The number of amides is 1. The Labute approximate surface area is 97.4 Å². The van der Waals surface area contributed by atoms with Crippen LogP contribution in [0.2, 0.25) is 5.15 Å². The first kappa shape index (κ1) is 12.4. The van der Waals surface area contributed by atoms with E-state index in [0.717, 1.165) is 0 Å². The van der Waals surface area contributed by atoms with Crippen molar-refractivity contribution in [1.29, 1.82) is 0 Å². The molecule has 0 fully saturated rings. The number of carbonyl (C=O) groups is 2. The number of pyridine rings is 1. The van der Waals surface area contributed by atoms with Crippen molar-refractivity contribution < 1.29 is 14.7 Å². The smallest absolute Gasteiger partial charge is 0.325 e. The molecular formula is C10H11ClN2O3. The lowest BCUT2D eigenvalue weighted by atomic mass is 10.2. The van der Waals surface area contributed by atoms with Crippen molar-refractivity contribution in [2.24, 2.45) is 0 Å². The highest BCUT2D eigenvalue weighted by Gasteiger charge is 2.15. The summed E-state index contributed by atoms with van der Waals surface area (Å²) in [5, 5.41) is 11.2. The van der Waals surface area contributed by atoms with E-state index in [4.69, 9.17) is 16.7 Å². The molecule has 5 nitrogen and oxygen atoms in total. The molecule has 1 unspecified atom stereocenters. The maximum absolute atomic E-state index is 11.6. The molecule has 0 aromatic carbocycles. The van der Waals surface area contributed by atoms with Crippen molar-refractivity contribution in [3.8, 4) is 0 Å². The Morgan fingerprint density at radius 2 is 2.12 bits per heavy atom. The second-order valence-corrected chi connectivity index (χ2v) is 3.74. The standard InChI is InChI=1S/C10H11ClN2O3/c1-5-3-7(4-8(11)12-5)9(14)13-6(2)10(15)16/h3-4,6H,1-2H3,(H,13,14)(H,15,16). The molecule has 16 heavy (non-hydrogen) atoms. The minimum atomic E-state index is -1.09. The van der Waals surface area contributed by atoms with Gasteiger partial charge in [0.1, 0.15) is 11.2 Å². The number of hydrogen-bond donors (Lipinski definition) is 2. The van der Waals surface area contributed by atoms with E-state index in [1.165, 1.54) is 19.1 Å². The number of aromatic nitrogens is 1. The zero-order chi connectivity index (χ0) is 12.3. The lowest BCUT2D eigenvalue weighted by Gasteiger charge is -2.09. The maximum Gasteiger partial charge on any atom is 0.325 e. The molecule has 1 aromatic heterocycles. The predicted octanol–water partition coefficient (Wildman–Crippen LogP) is 1.25. The third-order valence-electron chi connectivity index (χ3n) is 1.90. The summed E-state index contributed by atoms with van der Waals surface area (Å²) in [4.78, 5) is 26.0. The van der Waals surface area contributed by atoms with Crippen LogP contribution in [0.1, 0.15) is 23.0 Å². The predicted molar refractivity (Wildman–Crippen MR) is 58.5 cm³/mol. The first-order valence-electron chi connectivity index (χ1n) is 4.58. The summed E-state index contributed by atoms with van der Waals surface area (Å²) in [6, 6.07) is 1.98. The number of rotatable bonds is 3. The largest absolute Gasteiger partial charge is 0.480 e. The number of nitrogens with zero attached hydrogens (tertiary/aromatic N) is 1. The number of carbonyl (C=O) groups excluding carboxylic acids is 1. The van der Waals surface area contributed by atoms with Crippen molar-refractivity contribution >= 4 is 23.5 Å². The van der Waals surface area contributed by atoms with Crippen LogP contribution in [0, 0.1) is 6.92 Å². The van der Waals surface area contributed by atoms with E-state index in [-0.39, 0.29) is 5.15 Å². The van der Waals surface area contributed by atoms with Crippen LogP contribution in [-0.4, -0.2) is 28.0 Å². The van der Waals surface area contributed by atoms with Crippen LogP contribution in [0.4, 0.5) is 0 Å². The summed E-state index contributed by atoms with van der Waals surface area (Å²) in [5.41, 5.74) is 0.895. The van der Waals surface area contributed by atoms with Gasteiger partial charge < -0.3 is 10.4 Å². The van der Waals surface area contributed by atoms with Gasteiger partial charge >= 0.3 is 5.97 Å². The number of hydrogen-bond acceptors (Lipinski definition) is 3. The van der Waals surface area contributed by atoms with E-state index in [1.54, 1.807) is 6.92 Å².